The number of anilines is 2. The fraction of sp³-hybridized carbons (Fsp3) is 0.300. The Morgan fingerprint density at radius 3 is 2.33 bits per heavy atom. The number of para-hydroxylation sites is 1. The Balaban J connectivity index is 1.05. The molecule has 3 amide bonds. The lowest BCUT2D eigenvalue weighted by Crippen LogP contribution is -2.47. The van der Waals surface area contributed by atoms with Crippen LogP contribution in [0.25, 0.3) is 22.4 Å². The summed E-state index contributed by atoms with van der Waals surface area (Å²) in [7, 11) is 3.57. The average Bonchev–Trinajstić information content (AvgIpc) is 3.59. The molecule has 5 aromatic rings. The van der Waals surface area contributed by atoms with Crippen LogP contribution in [-0.2, 0) is 4.79 Å². The van der Waals surface area contributed by atoms with Gasteiger partial charge in [-0.05, 0) is 81.3 Å². The number of likely N-dealkylation sites (N-methyl/N-ethyl adjacent to an activating group) is 1. The summed E-state index contributed by atoms with van der Waals surface area (Å²) in [5.74, 6) is 1.11. The van der Waals surface area contributed by atoms with Gasteiger partial charge < -0.3 is 34.9 Å². The van der Waals surface area contributed by atoms with Crippen molar-refractivity contribution in [3.05, 3.63) is 102 Å². The molecule has 0 bridgehead atoms. The highest BCUT2D eigenvalue weighted by Gasteiger charge is 2.20. The number of unbranched alkanes of at least 4 members (excludes halogenated alkanes) is 2. The molecule has 1 aromatic heterocycles. The number of ether oxygens (including phenoxy) is 2. The van der Waals surface area contributed by atoms with Crippen molar-refractivity contribution in [3.63, 3.8) is 0 Å². The molecule has 6 rings (SSSR count). The first-order valence-corrected chi connectivity index (χ1v) is 17.3. The van der Waals surface area contributed by atoms with E-state index in [1.165, 1.54) is 7.11 Å². The second kappa shape index (κ2) is 16.4. The number of imidazole rings is 1. The van der Waals surface area contributed by atoms with E-state index in [9.17, 15) is 14.4 Å². The van der Waals surface area contributed by atoms with E-state index in [1.54, 1.807) is 30.3 Å². The molecule has 1 fully saturated rings. The molecular weight excluding hydrogens is 644 g/mol. The van der Waals surface area contributed by atoms with Gasteiger partial charge in [0.25, 0.3) is 11.8 Å². The van der Waals surface area contributed by atoms with E-state index in [-0.39, 0.29) is 17.7 Å². The molecule has 264 valence electrons. The molecule has 51 heavy (non-hydrogen) atoms. The van der Waals surface area contributed by atoms with Crippen LogP contribution in [0.3, 0.4) is 0 Å². The molecule has 4 aromatic carbocycles. The Kier molecular flexibility index (Phi) is 11.3. The highest BCUT2D eigenvalue weighted by atomic mass is 16.5. The number of amides is 3. The van der Waals surface area contributed by atoms with Crippen LogP contribution in [0.5, 0.6) is 11.5 Å². The Bertz CT molecular complexity index is 2000. The molecule has 3 N–H and O–H groups in total. The van der Waals surface area contributed by atoms with Crippen LogP contribution in [0, 0.1) is 6.92 Å². The lowest BCUT2D eigenvalue weighted by molar-refractivity contribution is -0.132. The minimum atomic E-state index is -0.356. The second-order valence-corrected chi connectivity index (χ2v) is 12.8. The minimum Gasteiger partial charge on any atom is -0.495 e. The summed E-state index contributed by atoms with van der Waals surface area (Å²) in [6.07, 6.45) is 3.04. The fourth-order valence-electron chi connectivity index (χ4n) is 6.07. The average molecular weight is 689 g/mol. The number of methoxy groups -OCH3 is 1. The van der Waals surface area contributed by atoms with Gasteiger partial charge in [-0.3, -0.25) is 14.4 Å². The number of H-pyrrole nitrogens is 1. The highest BCUT2D eigenvalue weighted by molar-refractivity contribution is 6.12. The quantitative estimate of drug-likeness (QED) is 0.117. The maximum Gasteiger partial charge on any atom is 0.258 e. The Morgan fingerprint density at radius 2 is 1.55 bits per heavy atom. The van der Waals surface area contributed by atoms with E-state index in [0.29, 0.717) is 58.4 Å². The summed E-state index contributed by atoms with van der Waals surface area (Å²) in [4.78, 5) is 51.6. The van der Waals surface area contributed by atoms with Crippen LogP contribution in [-0.4, -0.2) is 84.4 Å². The van der Waals surface area contributed by atoms with E-state index < -0.39 is 0 Å². The lowest BCUT2D eigenvalue weighted by atomic mass is 10.1. The Labute approximate surface area is 298 Å². The van der Waals surface area contributed by atoms with Gasteiger partial charge in [0.1, 0.15) is 22.8 Å². The summed E-state index contributed by atoms with van der Waals surface area (Å²) in [6.45, 7) is 5.88. The van der Waals surface area contributed by atoms with Crippen molar-refractivity contribution in [3.8, 4) is 22.9 Å². The van der Waals surface area contributed by atoms with Gasteiger partial charge in [-0.25, -0.2) is 4.98 Å². The number of hydrogen-bond acceptors (Lipinski definition) is 7. The summed E-state index contributed by atoms with van der Waals surface area (Å²) in [6, 6.07) is 25.6. The molecule has 0 spiro atoms. The molecule has 0 unspecified atom stereocenters. The number of nitrogens with one attached hydrogen (secondary N) is 3. The van der Waals surface area contributed by atoms with Crippen molar-refractivity contribution < 1.29 is 23.9 Å². The largest absolute Gasteiger partial charge is 0.495 e. The van der Waals surface area contributed by atoms with Crippen LogP contribution in [0.4, 0.5) is 11.4 Å². The van der Waals surface area contributed by atoms with Crippen molar-refractivity contribution in [2.75, 3.05) is 57.6 Å². The third-order valence-corrected chi connectivity index (χ3v) is 9.05. The van der Waals surface area contributed by atoms with Gasteiger partial charge in [0.2, 0.25) is 5.91 Å². The number of carbonyl (C=O) groups excluding carboxylic acids is 3. The molecule has 1 aliphatic rings. The van der Waals surface area contributed by atoms with Crippen molar-refractivity contribution >= 4 is 40.1 Å². The van der Waals surface area contributed by atoms with Gasteiger partial charge in [0.05, 0.1) is 36.2 Å². The first kappa shape index (κ1) is 35.2. The molecule has 0 atom stereocenters. The van der Waals surface area contributed by atoms with Crippen LogP contribution < -0.4 is 20.1 Å². The van der Waals surface area contributed by atoms with Crippen LogP contribution in [0.15, 0.2) is 84.9 Å². The zero-order valence-corrected chi connectivity index (χ0v) is 29.3. The van der Waals surface area contributed by atoms with Gasteiger partial charge in [-0.2, -0.15) is 0 Å². The Hall–Kier alpha value is -5.68. The van der Waals surface area contributed by atoms with Crippen LogP contribution in [0.1, 0.15) is 52.0 Å². The highest BCUT2D eigenvalue weighted by Crippen LogP contribution is 2.30. The van der Waals surface area contributed by atoms with Gasteiger partial charge in [-0.15, -0.1) is 0 Å². The molecule has 0 aliphatic carbocycles. The third kappa shape index (κ3) is 8.74. The lowest BCUT2D eigenvalue weighted by Gasteiger charge is -2.32. The van der Waals surface area contributed by atoms with Gasteiger partial charge in [0.15, 0.2) is 0 Å². The number of benzene rings is 4. The summed E-state index contributed by atoms with van der Waals surface area (Å²) < 4.78 is 11.7. The number of carbonyl (C=O) groups is 3. The van der Waals surface area contributed by atoms with Crippen molar-refractivity contribution in [1.29, 1.82) is 0 Å². The maximum absolute atomic E-state index is 13.5. The maximum atomic E-state index is 13.5. The van der Waals surface area contributed by atoms with E-state index >= 15 is 0 Å². The number of piperazine rings is 1. The number of aromatic amines is 1. The van der Waals surface area contributed by atoms with Crippen molar-refractivity contribution in [2.24, 2.45) is 0 Å². The van der Waals surface area contributed by atoms with Crippen molar-refractivity contribution in [2.45, 2.75) is 32.6 Å². The van der Waals surface area contributed by atoms with Gasteiger partial charge in [-0.1, -0.05) is 42.5 Å². The van der Waals surface area contributed by atoms with E-state index in [2.05, 4.69) is 27.6 Å². The zero-order valence-electron chi connectivity index (χ0n) is 29.3. The van der Waals surface area contributed by atoms with E-state index in [4.69, 9.17) is 14.5 Å². The van der Waals surface area contributed by atoms with Crippen LogP contribution >= 0.6 is 0 Å². The predicted octanol–water partition coefficient (Wildman–Crippen LogP) is 6.76. The smallest absolute Gasteiger partial charge is 0.258 e. The number of aryl methyl sites for hydroxylation is 1. The first-order valence-electron chi connectivity index (χ1n) is 17.3. The van der Waals surface area contributed by atoms with Gasteiger partial charge >= 0.3 is 0 Å². The zero-order chi connectivity index (χ0) is 35.7. The number of aromatic nitrogens is 2. The number of rotatable bonds is 13. The molecule has 0 saturated carbocycles. The topological polar surface area (TPSA) is 129 Å². The van der Waals surface area contributed by atoms with E-state index in [1.807, 2.05) is 66.4 Å². The molecule has 11 heteroatoms. The van der Waals surface area contributed by atoms with Crippen LogP contribution in [0.2, 0.25) is 0 Å². The number of fused-ring (bicyclic) bond motifs is 1. The Morgan fingerprint density at radius 1 is 0.804 bits per heavy atom. The number of nitrogens with zero attached hydrogens (tertiary/aromatic N) is 3. The molecule has 11 nitrogen and oxygen atoms in total. The number of hydrogen-bond donors (Lipinski definition) is 3. The summed E-state index contributed by atoms with van der Waals surface area (Å²) in [5.41, 5.74) is 4.94. The minimum absolute atomic E-state index is 0.226. The SMILES string of the molecule is COc1cc(C(=O)Nc2ccc(C)cc2OCCCCCC(=O)N2CCN(C)CC2)ccc1NC(=O)c1cccc2[nH]c(-c3ccccc3)nc12. The van der Waals surface area contributed by atoms with Gasteiger partial charge in [0, 0.05) is 43.7 Å². The molecule has 1 saturated heterocycles. The molecule has 2 heterocycles. The molecule has 0 radical (unpaired) electrons. The standard InChI is InChI=1S/C40H44N6O5/c1-27-16-18-32(35(25-27)51-24-9-5-8-15-36(47)46-22-20-45(2)21-23-46)42-39(48)29-17-19-31(34(26-29)50-3)43-40(49)30-13-10-14-33-37(30)44-38(41-33)28-11-6-4-7-12-28/h4,6-7,10-14,16-19,25-26H,5,8-9,15,20-24H2,1-3H3,(H,41,44)(H,42,48)(H,43,49). The normalized spacial score (nSPS) is 13.2. The predicted molar refractivity (Wildman–Crippen MR) is 200 cm³/mol. The third-order valence-electron chi connectivity index (χ3n) is 9.05. The summed E-state index contributed by atoms with van der Waals surface area (Å²) in [5, 5.41) is 5.88. The van der Waals surface area contributed by atoms with Crippen molar-refractivity contribution in [1.82, 2.24) is 19.8 Å². The summed E-state index contributed by atoms with van der Waals surface area (Å²) >= 11 is 0. The first-order chi connectivity index (χ1) is 24.8. The second-order valence-electron chi connectivity index (χ2n) is 12.8. The monoisotopic (exact) mass is 688 g/mol. The fourth-order valence-corrected chi connectivity index (χ4v) is 6.07. The van der Waals surface area contributed by atoms with E-state index in [0.717, 1.165) is 62.1 Å². The molecular formula is C40H44N6O5. The molecule has 1 aliphatic heterocycles.